The second-order valence-corrected chi connectivity index (χ2v) is 6.81. The summed E-state index contributed by atoms with van der Waals surface area (Å²) in [6.07, 6.45) is 0. The zero-order chi connectivity index (χ0) is 11.7. The molecule has 1 unspecified atom stereocenters. The Hall–Kier alpha value is -0.0800. The molecule has 0 spiro atoms. The van der Waals surface area contributed by atoms with Crippen molar-refractivity contribution in [3.05, 3.63) is 0 Å². The Morgan fingerprint density at radius 3 is 1.93 bits per heavy atom. The Labute approximate surface area is 94.8 Å². The first kappa shape index (κ1) is 13.0. The van der Waals surface area contributed by atoms with Crippen molar-refractivity contribution in [3.63, 3.8) is 0 Å². The minimum absolute atomic E-state index is 0.0132. The lowest BCUT2D eigenvalue weighted by Gasteiger charge is -2.43. The van der Waals surface area contributed by atoms with Gasteiger partial charge in [-0.1, -0.05) is 20.8 Å². The molecule has 1 fully saturated rings. The standard InChI is InChI=1S/C13H27NO/c1-12(2,3)11(10-7-14-8-10)9-15-13(4,5)6/h10-11,14H,7-9H2,1-6H3. The van der Waals surface area contributed by atoms with E-state index >= 15 is 0 Å². The lowest BCUT2D eigenvalue weighted by molar-refractivity contribution is -0.0626. The Morgan fingerprint density at radius 1 is 1.13 bits per heavy atom. The highest BCUT2D eigenvalue weighted by molar-refractivity contribution is 4.88. The van der Waals surface area contributed by atoms with Crippen LogP contribution in [0.25, 0.3) is 0 Å². The van der Waals surface area contributed by atoms with Gasteiger partial charge in [-0.3, -0.25) is 0 Å². The van der Waals surface area contributed by atoms with E-state index in [0.717, 1.165) is 25.6 Å². The highest BCUT2D eigenvalue weighted by atomic mass is 16.5. The quantitative estimate of drug-likeness (QED) is 0.778. The van der Waals surface area contributed by atoms with Gasteiger partial charge in [-0.2, -0.15) is 0 Å². The van der Waals surface area contributed by atoms with E-state index in [0.29, 0.717) is 11.3 Å². The van der Waals surface area contributed by atoms with Gasteiger partial charge in [0.05, 0.1) is 12.2 Å². The van der Waals surface area contributed by atoms with Crippen molar-refractivity contribution in [2.75, 3.05) is 19.7 Å². The van der Waals surface area contributed by atoms with Crippen LogP contribution >= 0.6 is 0 Å². The van der Waals surface area contributed by atoms with Gasteiger partial charge in [0.2, 0.25) is 0 Å². The normalized spacial score (nSPS) is 21.2. The van der Waals surface area contributed by atoms with Gasteiger partial charge in [0.1, 0.15) is 0 Å². The minimum Gasteiger partial charge on any atom is -0.376 e. The summed E-state index contributed by atoms with van der Waals surface area (Å²) in [5, 5.41) is 3.36. The van der Waals surface area contributed by atoms with Gasteiger partial charge < -0.3 is 10.1 Å². The van der Waals surface area contributed by atoms with Crippen LogP contribution in [0.15, 0.2) is 0 Å². The first-order valence-electron chi connectivity index (χ1n) is 6.05. The van der Waals surface area contributed by atoms with E-state index in [2.05, 4.69) is 46.9 Å². The molecule has 1 N–H and O–H groups in total. The molecule has 15 heavy (non-hydrogen) atoms. The van der Waals surface area contributed by atoms with Gasteiger partial charge in [-0.25, -0.2) is 0 Å². The Bertz CT molecular complexity index is 196. The topological polar surface area (TPSA) is 21.3 Å². The Kier molecular flexibility index (Phi) is 3.83. The van der Waals surface area contributed by atoms with Gasteiger partial charge in [-0.05, 0) is 51.1 Å². The predicted octanol–water partition coefficient (Wildman–Crippen LogP) is 2.68. The molecule has 0 aromatic heterocycles. The Morgan fingerprint density at radius 2 is 1.67 bits per heavy atom. The summed E-state index contributed by atoms with van der Waals surface area (Å²) >= 11 is 0. The van der Waals surface area contributed by atoms with Crippen LogP contribution in [0.3, 0.4) is 0 Å². The summed E-state index contributed by atoms with van der Waals surface area (Å²) < 4.78 is 5.95. The average Bonchev–Trinajstić information content (AvgIpc) is 1.88. The molecule has 0 saturated carbocycles. The van der Waals surface area contributed by atoms with Crippen LogP contribution in [0.4, 0.5) is 0 Å². The lowest BCUT2D eigenvalue weighted by Crippen LogP contribution is -2.51. The van der Waals surface area contributed by atoms with E-state index in [4.69, 9.17) is 4.74 Å². The highest BCUT2D eigenvalue weighted by Gasteiger charge is 2.36. The number of hydrogen-bond donors (Lipinski definition) is 1. The van der Waals surface area contributed by atoms with Gasteiger partial charge >= 0.3 is 0 Å². The number of ether oxygens (including phenoxy) is 1. The first-order chi connectivity index (χ1) is 6.70. The summed E-state index contributed by atoms with van der Waals surface area (Å²) in [6.45, 7) is 16.6. The fourth-order valence-corrected chi connectivity index (χ4v) is 2.03. The molecule has 0 aliphatic carbocycles. The van der Waals surface area contributed by atoms with Crippen molar-refractivity contribution in [1.29, 1.82) is 0 Å². The maximum Gasteiger partial charge on any atom is 0.0598 e. The molecule has 1 aliphatic heterocycles. The molecule has 0 bridgehead atoms. The molecule has 1 heterocycles. The largest absolute Gasteiger partial charge is 0.376 e. The van der Waals surface area contributed by atoms with Crippen LogP contribution in [0.2, 0.25) is 0 Å². The van der Waals surface area contributed by atoms with E-state index in [1.54, 1.807) is 0 Å². The number of rotatable bonds is 3. The molecule has 0 amide bonds. The van der Waals surface area contributed by atoms with Gasteiger partial charge in [0.25, 0.3) is 0 Å². The monoisotopic (exact) mass is 213 g/mol. The summed E-state index contributed by atoms with van der Waals surface area (Å²) in [7, 11) is 0. The van der Waals surface area contributed by atoms with Crippen LogP contribution in [0.1, 0.15) is 41.5 Å². The molecule has 2 heteroatoms. The van der Waals surface area contributed by atoms with Gasteiger partial charge in [0, 0.05) is 0 Å². The molecular weight excluding hydrogens is 186 g/mol. The lowest BCUT2D eigenvalue weighted by atomic mass is 9.71. The zero-order valence-corrected chi connectivity index (χ0v) is 11.2. The van der Waals surface area contributed by atoms with Crippen LogP contribution < -0.4 is 5.32 Å². The first-order valence-corrected chi connectivity index (χ1v) is 6.05. The van der Waals surface area contributed by atoms with Crippen molar-refractivity contribution in [3.8, 4) is 0 Å². The predicted molar refractivity (Wildman–Crippen MR) is 65.0 cm³/mol. The molecule has 0 radical (unpaired) electrons. The van der Waals surface area contributed by atoms with Crippen LogP contribution in [0.5, 0.6) is 0 Å². The SMILES string of the molecule is CC(C)(C)OCC(C1CNC1)C(C)(C)C. The van der Waals surface area contributed by atoms with E-state index < -0.39 is 0 Å². The molecule has 1 rings (SSSR count). The van der Waals surface area contributed by atoms with Crippen LogP contribution in [-0.2, 0) is 4.74 Å². The molecule has 1 saturated heterocycles. The second kappa shape index (κ2) is 4.42. The summed E-state index contributed by atoms with van der Waals surface area (Å²) in [6, 6.07) is 0. The summed E-state index contributed by atoms with van der Waals surface area (Å²) in [4.78, 5) is 0. The number of hydrogen-bond acceptors (Lipinski definition) is 2. The van der Waals surface area contributed by atoms with Crippen molar-refractivity contribution in [2.45, 2.75) is 47.1 Å². The van der Waals surface area contributed by atoms with Gasteiger partial charge in [0.15, 0.2) is 0 Å². The molecule has 0 aromatic rings. The van der Waals surface area contributed by atoms with Crippen molar-refractivity contribution >= 4 is 0 Å². The summed E-state index contributed by atoms with van der Waals surface area (Å²) in [5.74, 6) is 1.46. The van der Waals surface area contributed by atoms with Crippen LogP contribution in [0, 0.1) is 17.3 Å². The second-order valence-electron chi connectivity index (χ2n) is 6.81. The van der Waals surface area contributed by atoms with Crippen molar-refractivity contribution < 1.29 is 4.74 Å². The highest BCUT2D eigenvalue weighted by Crippen LogP contribution is 2.35. The maximum atomic E-state index is 5.95. The number of nitrogens with one attached hydrogen (secondary N) is 1. The Balaban J connectivity index is 2.50. The van der Waals surface area contributed by atoms with Crippen molar-refractivity contribution in [2.24, 2.45) is 17.3 Å². The molecule has 90 valence electrons. The third-order valence-electron chi connectivity index (χ3n) is 3.19. The molecule has 2 nitrogen and oxygen atoms in total. The van der Waals surface area contributed by atoms with Gasteiger partial charge in [-0.15, -0.1) is 0 Å². The third-order valence-corrected chi connectivity index (χ3v) is 3.19. The smallest absolute Gasteiger partial charge is 0.0598 e. The minimum atomic E-state index is -0.0132. The van der Waals surface area contributed by atoms with Crippen molar-refractivity contribution in [1.82, 2.24) is 5.32 Å². The third kappa shape index (κ3) is 4.12. The fourth-order valence-electron chi connectivity index (χ4n) is 2.03. The maximum absolute atomic E-state index is 5.95. The zero-order valence-electron chi connectivity index (χ0n) is 11.2. The molecule has 0 aromatic carbocycles. The van der Waals surface area contributed by atoms with E-state index in [1.165, 1.54) is 0 Å². The summed E-state index contributed by atoms with van der Waals surface area (Å²) in [5.41, 5.74) is 0.332. The van der Waals surface area contributed by atoms with Crippen LogP contribution in [-0.4, -0.2) is 25.3 Å². The van der Waals surface area contributed by atoms with E-state index in [-0.39, 0.29) is 5.60 Å². The fraction of sp³-hybridized carbons (Fsp3) is 1.00. The molecule has 1 atom stereocenters. The molecule has 1 aliphatic rings. The van der Waals surface area contributed by atoms with E-state index in [9.17, 15) is 0 Å². The van der Waals surface area contributed by atoms with E-state index in [1.807, 2.05) is 0 Å². The average molecular weight is 213 g/mol. The molecular formula is C13H27NO.